The Bertz CT molecular complexity index is 570. The highest BCUT2D eigenvalue weighted by Gasteiger charge is 2.33. The Morgan fingerprint density at radius 2 is 1.81 bits per heavy atom. The fourth-order valence-corrected chi connectivity index (χ4v) is 2.49. The molecule has 0 saturated carbocycles. The molecule has 2 N–H and O–H groups in total. The van der Waals surface area contributed by atoms with Gasteiger partial charge in [-0.15, -0.1) is 13.2 Å². The maximum atomic E-state index is 12.4. The number of alkyl halides is 3. The second-order valence-electron chi connectivity index (χ2n) is 4.45. The van der Waals surface area contributed by atoms with Crippen LogP contribution in [0.3, 0.4) is 0 Å². The highest BCUT2D eigenvalue weighted by Crippen LogP contribution is 2.35. The number of halogens is 3. The number of hydrogen-bond acceptors (Lipinski definition) is 4. The van der Waals surface area contributed by atoms with Gasteiger partial charge in [0.1, 0.15) is 6.10 Å². The van der Waals surface area contributed by atoms with E-state index >= 15 is 0 Å². The number of rotatable bonds is 5. The van der Waals surface area contributed by atoms with Gasteiger partial charge in [-0.1, -0.05) is 12.1 Å². The lowest BCUT2D eigenvalue weighted by molar-refractivity contribution is -0.275. The molecule has 0 aliphatic rings. The Morgan fingerprint density at radius 3 is 2.33 bits per heavy atom. The summed E-state index contributed by atoms with van der Waals surface area (Å²) >= 11 is 1.46. The van der Waals surface area contributed by atoms with E-state index in [1.165, 1.54) is 29.5 Å². The third-order valence-corrected chi connectivity index (χ3v) is 3.38. The third kappa shape index (κ3) is 4.37. The molecule has 1 aromatic carbocycles. The molecule has 21 heavy (non-hydrogen) atoms. The maximum absolute atomic E-state index is 12.4. The number of nitrogens with two attached hydrogens (primary N) is 1. The van der Waals surface area contributed by atoms with E-state index in [1.807, 2.05) is 16.8 Å². The Morgan fingerprint density at radius 1 is 1.14 bits per heavy atom. The molecular weight excluding hydrogens is 303 g/mol. The average molecular weight is 317 g/mol. The van der Waals surface area contributed by atoms with Crippen LogP contribution in [0, 0.1) is 0 Å². The lowest BCUT2D eigenvalue weighted by atomic mass is 10.1. The minimum Gasteiger partial charge on any atom is -0.480 e. The van der Waals surface area contributed by atoms with Crippen LogP contribution in [0.4, 0.5) is 13.2 Å². The second-order valence-corrected chi connectivity index (χ2v) is 5.23. The molecule has 114 valence electrons. The van der Waals surface area contributed by atoms with Crippen LogP contribution in [-0.2, 0) is 0 Å². The SMILES string of the molecule is CC(N)C(Oc1ccccc1OC(F)(F)F)c1ccsc1. The first-order valence-electron chi connectivity index (χ1n) is 6.16. The molecule has 2 rings (SSSR count). The fraction of sp³-hybridized carbons (Fsp3) is 0.286. The lowest BCUT2D eigenvalue weighted by Gasteiger charge is -2.23. The molecule has 7 heteroatoms. The Kier molecular flexibility index (Phi) is 4.74. The molecule has 2 atom stereocenters. The van der Waals surface area contributed by atoms with Crippen LogP contribution in [0.15, 0.2) is 41.1 Å². The lowest BCUT2D eigenvalue weighted by Crippen LogP contribution is -2.29. The van der Waals surface area contributed by atoms with E-state index in [2.05, 4.69) is 4.74 Å². The zero-order valence-corrected chi connectivity index (χ0v) is 11.9. The molecule has 3 nitrogen and oxygen atoms in total. The van der Waals surface area contributed by atoms with Crippen molar-refractivity contribution in [3.05, 3.63) is 46.7 Å². The Hall–Kier alpha value is -1.73. The highest BCUT2D eigenvalue weighted by molar-refractivity contribution is 7.07. The summed E-state index contributed by atoms with van der Waals surface area (Å²) in [4.78, 5) is 0. The molecule has 0 amide bonds. The largest absolute Gasteiger partial charge is 0.573 e. The normalized spacial score (nSPS) is 14.5. The summed E-state index contributed by atoms with van der Waals surface area (Å²) in [6.45, 7) is 1.73. The van der Waals surface area contributed by atoms with Crippen molar-refractivity contribution in [3.63, 3.8) is 0 Å². The van der Waals surface area contributed by atoms with Crippen LogP contribution in [0.2, 0.25) is 0 Å². The summed E-state index contributed by atoms with van der Waals surface area (Å²) in [5.74, 6) is -0.380. The van der Waals surface area contributed by atoms with E-state index in [1.54, 1.807) is 13.0 Å². The molecule has 0 aliphatic heterocycles. The summed E-state index contributed by atoms with van der Waals surface area (Å²) in [7, 11) is 0. The van der Waals surface area contributed by atoms with Crippen LogP contribution in [0.5, 0.6) is 11.5 Å². The number of thiophene rings is 1. The standard InChI is InChI=1S/C14H14F3NO2S/c1-9(18)13(10-6-7-21-8-10)19-11-4-2-3-5-12(11)20-14(15,16)17/h2-9,13H,18H2,1H3. The molecule has 0 saturated heterocycles. The van der Waals surface area contributed by atoms with Crippen LogP contribution < -0.4 is 15.2 Å². The first kappa shape index (κ1) is 15.7. The van der Waals surface area contributed by atoms with Crippen LogP contribution in [0.1, 0.15) is 18.6 Å². The minimum atomic E-state index is -4.77. The van der Waals surface area contributed by atoms with Crippen LogP contribution in [0.25, 0.3) is 0 Å². The number of ether oxygens (including phenoxy) is 2. The van der Waals surface area contributed by atoms with Crippen molar-refractivity contribution in [1.29, 1.82) is 0 Å². The number of benzene rings is 1. The Labute approximate surface area is 124 Å². The van der Waals surface area contributed by atoms with E-state index in [9.17, 15) is 13.2 Å². The van der Waals surface area contributed by atoms with E-state index in [-0.39, 0.29) is 11.5 Å². The summed E-state index contributed by atoms with van der Waals surface area (Å²) in [5.41, 5.74) is 6.69. The van der Waals surface area contributed by atoms with Gasteiger partial charge in [0.2, 0.25) is 0 Å². The molecule has 0 aliphatic carbocycles. The highest BCUT2D eigenvalue weighted by atomic mass is 32.1. The predicted molar refractivity (Wildman–Crippen MR) is 74.5 cm³/mol. The van der Waals surface area contributed by atoms with Gasteiger partial charge in [0, 0.05) is 11.6 Å². The zero-order valence-electron chi connectivity index (χ0n) is 11.1. The van der Waals surface area contributed by atoms with E-state index in [0.717, 1.165) is 5.56 Å². The first-order chi connectivity index (χ1) is 9.87. The first-order valence-corrected chi connectivity index (χ1v) is 7.10. The van der Waals surface area contributed by atoms with E-state index in [4.69, 9.17) is 10.5 Å². The summed E-state index contributed by atoms with van der Waals surface area (Å²) in [5, 5.41) is 3.70. The van der Waals surface area contributed by atoms with E-state index < -0.39 is 18.5 Å². The van der Waals surface area contributed by atoms with Gasteiger partial charge in [0.15, 0.2) is 11.5 Å². The number of hydrogen-bond donors (Lipinski definition) is 1. The predicted octanol–water partition coefficient (Wildman–Crippen LogP) is 4.11. The quantitative estimate of drug-likeness (QED) is 0.902. The monoisotopic (exact) mass is 317 g/mol. The molecule has 1 aromatic heterocycles. The van der Waals surface area contributed by atoms with Crippen molar-refractivity contribution in [2.75, 3.05) is 0 Å². The van der Waals surface area contributed by atoms with Gasteiger partial charge in [-0.05, 0) is 35.9 Å². The topological polar surface area (TPSA) is 44.5 Å². The molecule has 0 fully saturated rings. The van der Waals surface area contributed by atoms with Gasteiger partial charge in [0.05, 0.1) is 0 Å². The van der Waals surface area contributed by atoms with Crippen molar-refractivity contribution in [2.24, 2.45) is 5.73 Å². The van der Waals surface area contributed by atoms with Crippen molar-refractivity contribution in [3.8, 4) is 11.5 Å². The molecule has 0 bridgehead atoms. The molecular formula is C14H14F3NO2S. The second kappa shape index (κ2) is 6.36. The fourth-order valence-electron chi connectivity index (χ4n) is 1.81. The van der Waals surface area contributed by atoms with Gasteiger partial charge in [-0.25, -0.2) is 0 Å². The van der Waals surface area contributed by atoms with Crippen LogP contribution in [-0.4, -0.2) is 12.4 Å². The molecule has 2 unspecified atom stereocenters. The third-order valence-electron chi connectivity index (χ3n) is 2.68. The zero-order chi connectivity index (χ0) is 15.5. The van der Waals surface area contributed by atoms with Crippen molar-refractivity contribution in [1.82, 2.24) is 0 Å². The van der Waals surface area contributed by atoms with Gasteiger partial charge >= 0.3 is 6.36 Å². The molecule has 0 spiro atoms. The Balaban J connectivity index is 2.25. The van der Waals surface area contributed by atoms with Gasteiger partial charge in [0.25, 0.3) is 0 Å². The smallest absolute Gasteiger partial charge is 0.480 e. The summed E-state index contributed by atoms with van der Waals surface area (Å²) in [6.07, 6.45) is -5.32. The van der Waals surface area contributed by atoms with Gasteiger partial charge in [-0.2, -0.15) is 11.3 Å². The number of para-hydroxylation sites is 2. The molecule has 1 heterocycles. The average Bonchev–Trinajstić information content (AvgIpc) is 2.89. The van der Waals surface area contributed by atoms with Crippen molar-refractivity contribution in [2.45, 2.75) is 25.4 Å². The summed E-state index contributed by atoms with van der Waals surface area (Å²) < 4.78 is 46.8. The molecule has 0 radical (unpaired) electrons. The van der Waals surface area contributed by atoms with Gasteiger partial charge in [-0.3, -0.25) is 0 Å². The summed E-state index contributed by atoms with van der Waals surface area (Å²) in [6, 6.07) is 7.08. The van der Waals surface area contributed by atoms with Crippen molar-refractivity contribution >= 4 is 11.3 Å². The molecule has 2 aromatic rings. The van der Waals surface area contributed by atoms with Crippen LogP contribution >= 0.6 is 11.3 Å². The minimum absolute atomic E-state index is 0.00308. The maximum Gasteiger partial charge on any atom is 0.573 e. The van der Waals surface area contributed by atoms with Crippen molar-refractivity contribution < 1.29 is 22.6 Å². The van der Waals surface area contributed by atoms with E-state index in [0.29, 0.717) is 0 Å². The van der Waals surface area contributed by atoms with Gasteiger partial charge < -0.3 is 15.2 Å².